The van der Waals surface area contributed by atoms with Gasteiger partial charge in [0.05, 0.1) is 6.61 Å². The van der Waals surface area contributed by atoms with Gasteiger partial charge in [0.15, 0.2) is 0 Å². The molecule has 14 nitrogen and oxygen atoms in total. The summed E-state index contributed by atoms with van der Waals surface area (Å²) in [6.07, 6.45) is -1.13. The maximum atomic E-state index is 12.7. The molecule has 0 heterocycles. The van der Waals surface area contributed by atoms with E-state index in [2.05, 4.69) is 16.0 Å². The minimum absolute atomic E-state index is 0.246. The molecule has 0 saturated carbocycles. The second-order valence-corrected chi connectivity index (χ2v) is 7.49. The van der Waals surface area contributed by atoms with Crippen molar-refractivity contribution >= 4 is 35.5 Å². The highest BCUT2D eigenvalue weighted by molar-refractivity contribution is 5.94. The van der Waals surface area contributed by atoms with Crippen LogP contribution in [0.3, 0.4) is 0 Å². The molecule has 0 saturated heterocycles. The lowest BCUT2D eigenvalue weighted by Crippen LogP contribution is -2.58. The Morgan fingerprint density at radius 3 is 1.66 bits per heavy atom. The highest BCUT2D eigenvalue weighted by atomic mass is 16.4. The van der Waals surface area contributed by atoms with Crippen LogP contribution in [0.1, 0.15) is 39.5 Å². The SMILES string of the molecule is CC(C)C(NC(=O)C(N)CO)C(=O)NC(CCC(N)=O)C(=O)NC(CCC(N)=O)C(=O)O. The van der Waals surface area contributed by atoms with Gasteiger partial charge in [-0.2, -0.15) is 0 Å². The number of hydrogen-bond donors (Lipinski definition) is 8. The number of carboxylic acids is 1. The molecule has 14 heteroatoms. The summed E-state index contributed by atoms with van der Waals surface area (Å²) < 4.78 is 0. The van der Waals surface area contributed by atoms with Crippen LogP contribution < -0.4 is 33.2 Å². The van der Waals surface area contributed by atoms with Gasteiger partial charge in [0.25, 0.3) is 0 Å². The monoisotopic (exact) mass is 460 g/mol. The van der Waals surface area contributed by atoms with Crippen LogP contribution in [-0.2, 0) is 28.8 Å². The molecule has 0 aromatic heterocycles. The molecule has 0 rings (SSSR count). The molecule has 0 aliphatic rings. The zero-order valence-corrected chi connectivity index (χ0v) is 18.0. The summed E-state index contributed by atoms with van der Waals surface area (Å²) in [5.74, 6) is -5.93. The van der Waals surface area contributed by atoms with Crippen molar-refractivity contribution in [3.05, 3.63) is 0 Å². The Hall–Kier alpha value is -3.26. The molecule has 0 aromatic carbocycles. The van der Waals surface area contributed by atoms with Crippen LogP contribution in [0.4, 0.5) is 0 Å². The van der Waals surface area contributed by atoms with Crippen LogP contribution in [0.5, 0.6) is 0 Å². The third kappa shape index (κ3) is 10.7. The summed E-state index contributed by atoms with van der Waals surface area (Å²) in [4.78, 5) is 70.7. The summed E-state index contributed by atoms with van der Waals surface area (Å²) in [5.41, 5.74) is 15.5. The third-order valence-corrected chi connectivity index (χ3v) is 4.39. The number of aliphatic carboxylic acids is 1. The fourth-order valence-corrected chi connectivity index (χ4v) is 2.51. The molecular formula is C18H32N6O8. The number of nitrogens with two attached hydrogens (primary N) is 3. The van der Waals surface area contributed by atoms with Gasteiger partial charge in [0.1, 0.15) is 24.2 Å². The number of primary amides is 2. The van der Waals surface area contributed by atoms with E-state index in [4.69, 9.17) is 22.3 Å². The Kier molecular flexibility index (Phi) is 12.5. The average Bonchev–Trinajstić information content (AvgIpc) is 2.70. The van der Waals surface area contributed by atoms with E-state index in [-0.39, 0.29) is 25.7 Å². The summed E-state index contributed by atoms with van der Waals surface area (Å²) in [6.45, 7) is 2.57. The van der Waals surface area contributed by atoms with Gasteiger partial charge < -0.3 is 43.4 Å². The zero-order chi connectivity index (χ0) is 25.0. The minimum atomic E-state index is -1.47. The van der Waals surface area contributed by atoms with E-state index in [1.54, 1.807) is 13.8 Å². The maximum absolute atomic E-state index is 12.7. The van der Waals surface area contributed by atoms with Crippen molar-refractivity contribution in [1.82, 2.24) is 16.0 Å². The Bertz CT molecular complexity index is 714. The number of amides is 5. The van der Waals surface area contributed by atoms with E-state index in [0.29, 0.717) is 0 Å². The van der Waals surface area contributed by atoms with Gasteiger partial charge in [-0.15, -0.1) is 0 Å². The lowest BCUT2D eigenvalue weighted by molar-refractivity contribution is -0.143. The summed E-state index contributed by atoms with van der Waals surface area (Å²) in [5, 5.41) is 25.1. The predicted octanol–water partition coefficient (Wildman–Crippen LogP) is -3.97. The number of carboxylic acid groups (broad SMARTS) is 1. The molecule has 32 heavy (non-hydrogen) atoms. The number of aliphatic hydroxyl groups excluding tert-OH is 1. The summed E-state index contributed by atoms with van der Waals surface area (Å²) in [7, 11) is 0. The Morgan fingerprint density at radius 1 is 0.781 bits per heavy atom. The quantitative estimate of drug-likeness (QED) is 0.118. The highest BCUT2D eigenvalue weighted by Gasteiger charge is 2.31. The lowest BCUT2D eigenvalue weighted by Gasteiger charge is -2.26. The van der Waals surface area contributed by atoms with E-state index in [0.717, 1.165) is 0 Å². The van der Waals surface area contributed by atoms with Crippen molar-refractivity contribution in [2.24, 2.45) is 23.1 Å². The number of carbonyl (C=O) groups is 6. The van der Waals surface area contributed by atoms with Crippen molar-refractivity contribution in [3.63, 3.8) is 0 Å². The third-order valence-electron chi connectivity index (χ3n) is 4.39. The molecule has 0 aliphatic heterocycles. The number of hydrogen-bond acceptors (Lipinski definition) is 8. The topological polar surface area (TPSA) is 257 Å². The van der Waals surface area contributed by atoms with Crippen molar-refractivity contribution in [1.29, 1.82) is 0 Å². The van der Waals surface area contributed by atoms with Gasteiger partial charge in [-0.25, -0.2) is 4.79 Å². The van der Waals surface area contributed by atoms with Crippen LogP contribution in [0, 0.1) is 5.92 Å². The molecule has 182 valence electrons. The first-order valence-electron chi connectivity index (χ1n) is 9.87. The van der Waals surface area contributed by atoms with Crippen LogP contribution in [0.2, 0.25) is 0 Å². The first kappa shape index (κ1) is 28.7. The van der Waals surface area contributed by atoms with Crippen molar-refractivity contribution in [2.45, 2.75) is 63.7 Å². The van der Waals surface area contributed by atoms with Crippen LogP contribution in [0.25, 0.3) is 0 Å². The van der Waals surface area contributed by atoms with Crippen molar-refractivity contribution in [2.75, 3.05) is 6.61 Å². The van der Waals surface area contributed by atoms with Gasteiger partial charge in [0.2, 0.25) is 29.5 Å². The number of carbonyl (C=O) groups excluding carboxylic acids is 5. The molecule has 0 aliphatic carbocycles. The molecule has 0 radical (unpaired) electrons. The molecule has 4 unspecified atom stereocenters. The van der Waals surface area contributed by atoms with Crippen LogP contribution in [-0.4, -0.2) is 76.5 Å². The standard InChI is InChI=1S/C18H32N6O8/c1-8(2)14(24-15(28)9(19)7-25)17(30)22-10(3-5-12(20)26)16(29)23-11(18(31)32)4-6-13(21)27/h8-11,14,25H,3-7,19H2,1-2H3,(H2,20,26)(H2,21,27)(H,22,30)(H,23,29)(H,24,28)(H,31,32). The highest BCUT2D eigenvalue weighted by Crippen LogP contribution is 2.07. The molecule has 0 bridgehead atoms. The largest absolute Gasteiger partial charge is 0.480 e. The second-order valence-electron chi connectivity index (χ2n) is 7.49. The fraction of sp³-hybridized carbons (Fsp3) is 0.667. The van der Waals surface area contributed by atoms with E-state index in [9.17, 15) is 33.9 Å². The van der Waals surface area contributed by atoms with E-state index >= 15 is 0 Å². The minimum Gasteiger partial charge on any atom is -0.480 e. The van der Waals surface area contributed by atoms with Crippen LogP contribution in [0.15, 0.2) is 0 Å². The fourth-order valence-electron chi connectivity index (χ4n) is 2.51. The number of nitrogens with one attached hydrogen (secondary N) is 3. The Morgan fingerprint density at radius 2 is 1.25 bits per heavy atom. The van der Waals surface area contributed by atoms with Gasteiger partial charge >= 0.3 is 5.97 Å². The number of aliphatic hydroxyl groups is 1. The first-order chi connectivity index (χ1) is 14.8. The van der Waals surface area contributed by atoms with E-state index < -0.39 is 72.2 Å². The van der Waals surface area contributed by atoms with Gasteiger partial charge in [-0.1, -0.05) is 13.8 Å². The Balaban J connectivity index is 5.48. The first-order valence-corrected chi connectivity index (χ1v) is 9.87. The molecule has 5 amide bonds. The maximum Gasteiger partial charge on any atom is 0.326 e. The molecular weight excluding hydrogens is 428 g/mol. The Labute approximate surface area is 184 Å². The summed E-state index contributed by atoms with van der Waals surface area (Å²) in [6, 6.07) is -5.24. The zero-order valence-electron chi connectivity index (χ0n) is 18.0. The molecule has 4 atom stereocenters. The normalized spacial score (nSPS) is 14.5. The summed E-state index contributed by atoms with van der Waals surface area (Å²) >= 11 is 0. The van der Waals surface area contributed by atoms with E-state index in [1.165, 1.54) is 0 Å². The van der Waals surface area contributed by atoms with Crippen molar-refractivity contribution < 1.29 is 39.0 Å². The van der Waals surface area contributed by atoms with Crippen molar-refractivity contribution in [3.8, 4) is 0 Å². The smallest absolute Gasteiger partial charge is 0.326 e. The van der Waals surface area contributed by atoms with Gasteiger partial charge in [0, 0.05) is 12.8 Å². The molecule has 0 spiro atoms. The van der Waals surface area contributed by atoms with Gasteiger partial charge in [-0.05, 0) is 18.8 Å². The van der Waals surface area contributed by atoms with E-state index in [1.807, 2.05) is 0 Å². The second kappa shape index (κ2) is 13.9. The van der Waals surface area contributed by atoms with Crippen LogP contribution >= 0.6 is 0 Å². The predicted molar refractivity (Wildman–Crippen MR) is 110 cm³/mol. The number of rotatable bonds is 15. The molecule has 0 aromatic rings. The van der Waals surface area contributed by atoms with Gasteiger partial charge in [-0.3, -0.25) is 24.0 Å². The average molecular weight is 460 g/mol. The lowest BCUT2D eigenvalue weighted by atomic mass is 10.0. The molecule has 11 N–H and O–H groups in total. The molecule has 0 fully saturated rings.